The Morgan fingerprint density at radius 1 is 0.952 bits per heavy atom. The SMILES string of the molecule is CCCCC[C@@H](N)c1ccccc1OCc1ccccc1. The highest BCUT2D eigenvalue weighted by atomic mass is 16.5. The molecule has 0 unspecified atom stereocenters. The number of benzene rings is 2. The highest BCUT2D eigenvalue weighted by Crippen LogP contribution is 2.27. The van der Waals surface area contributed by atoms with Crippen LogP contribution in [0.2, 0.25) is 0 Å². The first kappa shape index (κ1) is 15.6. The van der Waals surface area contributed by atoms with Crippen LogP contribution in [0.5, 0.6) is 5.75 Å². The molecule has 1 atom stereocenters. The van der Waals surface area contributed by atoms with Crippen molar-refractivity contribution in [3.05, 3.63) is 65.7 Å². The normalized spacial score (nSPS) is 12.1. The molecule has 0 amide bonds. The van der Waals surface area contributed by atoms with Gasteiger partial charge in [0.2, 0.25) is 0 Å². The predicted molar refractivity (Wildman–Crippen MR) is 88.3 cm³/mol. The fraction of sp³-hybridized carbons (Fsp3) is 0.368. The van der Waals surface area contributed by atoms with Crippen molar-refractivity contribution in [2.24, 2.45) is 5.73 Å². The number of para-hydroxylation sites is 1. The second-order valence-electron chi connectivity index (χ2n) is 5.41. The van der Waals surface area contributed by atoms with Crippen molar-refractivity contribution in [1.29, 1.82) is 0 Å². The summed E-state index contributed by atoms with van der Waals surface area (Å²) in [7, 11) is 0. The molecule has 0 saturated carbocycles. The summed E-state index contributed by atoms with van der Waals surface area (Å²) in [5.41, 5.74) is 8.61. The monoisotopic (exact) mass is 283 g/mol. The lowest BCUT2D eigenvalue weighted by molar-refractivity contribution is 0.300. The zero-order valence-electron chi connectivity index (χ0n) is 12.8. The number of unbranched alkanes of at least 4 members (excludes halogenated alkanes) is 2. The van der Waals surface area contributed by atoms with Gasteiger partial charge in [0, 0.05) is 11.6 Å². The van der Waals surface area contributed by atoms with E-state index in [9.17, 15) is 0 Å². The van der Waals surface area contributed by atoms with E-state index in [0.29, 0.717) is 6.61 Å². The summed E-state index contributed by atoms with van der Waals surface area (Å²) in [5.74, 6) is 0.908. The maximum Gasteiger partial charge on any atom is 0.124 e. The summed E-state index contributed by atoms with van der Waals surface area (Å²) in [4.78, 5) is 0. The van der Waals surface area contributed by atoms with Gasteiger partial charge in [0.05, 0.1) is 0 Å². The second-order valence-corrected chi connectivity index (χ2v) is 5.41. The molecule has 2 aromatic rings. The molecule has 112 valence electrons. The van der Waals surface area contributed by atoms with E-state index in [1.165, 1.54) is 24.8 Å². The predicted octanol–water partition coefficient (Wildman–Crippen LogP) is 4.85. The zero-order valence-corrected chi connectivity index (χ0v) is 12.8. The quantitative estimate of drug-likeness (QED) is 0.703. The van der Waals surface area contributed by atoms with Crippen LogP contribution in [0, 0.1) is 0 Å². The van der Waals surface area contributed by atoms with Crippen LogP contribution in [0.3, 0.4) is 0 Å². The Morgan fingerprint density at radius 2 is 1.67 bits per heavy atom. The van der Waals surface area contributed by atoms with Crippen LogP contribution in [0.25, 0.3) is 0 Å². The molecule has 0 aromatic heterocycles. The van der Waals surface area contributed by atoms with E-state index in [1.54, 1.807) is 0 Å². The Hall–Kier alpha value is -1.80. The highest BCUT2D eigenvalue weighted by molar-refractivity contribution is 5.36. The third-order valence-corrected chi connectivity index (χ3v) is 3.67. The number of ether oxygens (including phenoxy) is 1. The minimum Gasteiger partial charge on any atom is -0.489 e. The molecular formula is C19H25NO. The van der Waals surface area contributed by atoms with Gasteiger partial charge in [-0.05, 0) is 18.1 Å². The Morgan fingerprint density at radius 3 is 2.43 bits per heavy atom. The van der Waals surface area contributed by atoms with Gasteiger partial charge in [0.1, 0.15) is 12.4 Å². The fourth-order valence-electron chi connectivity index (χ4n) is 2.42. The molecule has 0 aliphatic rings. The summed E-state index contributed by atoms with van der Waals surface area (Å²) in [6.07, 6.45) is 4.64. The van der Waals surface area contributed by atoms with Gasteiger partial charge >= 0.3 is 0 Å². The van der Waals surface area contributed by atoms with Crippen LogP contribution in [-0.2, 0) is 6.61 Å². The van der Waals surface area contributed by atoms with Gasteiger partial charge < -0.3 is 10.5 Å². The number of nitrogens with two attached hydrogens (primary N) is 1. The molecule has 2 heteroatoms. The van der Waals surface area contributed by atoms with Gasteiger partial charge in [0.25, 0.3) is 0 Å². The van der Waals surface area contributed by atoms with Crippen molar-refractivity contribution in [1.82, 2.24) is 0 Å². The molecule has 21 heavy (non-hydrogen) atoms. The third-order valence-electron chi connectivity index (χ3n) is 3.67. The first-order valence-electron chi connectivity index (χ1n) is 7.82. The van der Waals surface area contributed by atoms with Crippen molar-refractivity contribution in [3.8, 4) is 5.75 Å². The summed E-state index contributed by atoms with van der Waals surface area (Å²) < 4.78 is 5.97. The summed E-state index contributed by atoms with van der Waals surface area (Å²) in [5, 5.41) is 0. The maximum absolute atomic E-state index is 6.33. The van der Waals surface area contributed by atoms with Gasteiger partial charge in [-0.3, -0.25) is 0 Å². The van der Waals surface area contributed by atoms with Crippen LogP contribution >= 0.6 is 0 Å². The maximum atomic E-state index is 6.33. The average molecular weight is 283 g/mol. The number of hydrogen-bond acceptors (Lipinski definition) is 2. The molecule has 0 heterocycles. The molecule has 2 nitrogen and oxygen atoms in total. The molecule has 2 rings (SSSR count). The van der Waals surface area contributed by atoms with E-state index in [0.717, 1.165) is 17.7 Å². The van der Waals surface area contributed by atoms with E-state index in [-0.39, 0.29) is 6.04 Å². The second kappa shape index (κ2) is 8.48. The van der Waals surface area contributed by atoms with Crippen molar-refractivity contribution in [2.45, 2.75) is 45.3 Å². The van der Waals surface area contributed by atoms with Crippen molar-refractivity contribution in [3.63, 3.8) is 0 Å². The van der Waals surface area contributed by atoms with E-state index in [2.05, 4.69) is 25.1 Å². The van der Waals surface area contributed by atoms with Crippen LogP contribution in [-0.4, -0.2) is 0 Å². The van der Waals surface area contributed by atoms with E-state index in [1.807, 2.05) is 36.4 Å². The Labute approximate surface area is 127 Å². The number of hydrogen-bond donors (Lipinski definition) is 1. The number of rotatable bonds is 8. The molecular weight excluding hydrogens is 258 g/mol. The van der Waals surface area contributed by atoms with E-state index < -0.39 is 0 Å². The van der Waals surface area contributed by atoms with Crippen LogP contribution < -0.4 is 10.5 Å². The molecule has 0 aliphatic carbocycles. The first-order chi connectivity index (χ1) is 10.3. The largest absolute Gasteiger partial charge is 0.489 e. The molecule has 0 spiro atoms. The summed E-state index contributed by atoms with van der Waals surface area (Å²) >= 11 is 0. The van der Waals surface area contributed by atoms with Crippen LogP contribution in [0.1, 0.15) is 49.8 Å². The van der Waals surface area contributed by atoms with Gasteiger partial charge in [-0.1, -0.05) is 74.7 Å². The van der Waals surface area contributed by atoms with Crippen molar-refractivity contribution >= 4 is 0 Å². The topological polar surface area (TPSA) is 35.2 Å². The minimum atomic E-state index is 0.0588. The van der Waals surface area contributed by atoms with E-state index in [4.69, 9.17) is 10.5 Å². The highest BCUT2D eigenvalue weighted by Gasteiger charge is 2.11. The van der Waals surface area contributed by atoms with Gasteiger partial charge in [-0.25, -0.2) is 0 Å². The summed E-state index contributed by atoms with van der Waals surface area (Å²) in [6.45, 7) is 2.79. The Balaban J connectivity index is 1.99. The van der Waals surface area contributed by atoms with Gasteiger partial charge in [-0.15, -0.1) is 0 Å². The third kappa shape index (κ3) is 4.91. The van der Waals surface area contributed by atoms with E-state index >= 15 is 0 Å². The van der Waals surface area contributed by atoms with Crippen LogP contribution in [0.15, 0.2) is 54.6 Å². The Bertz CT molecular complexity index is 524. The summed E-state index contributed by atoms with van der Waals surface area (Å²) in [6, 6.07) is 18.4. The molecule has 0 saturated heterocycles. The first-order valence-corrected chi connectivity index (χ1v) is 7.82. The molecule has 0 bridgehead atoms. The molecule has 0 aliphatic heterocycles. The standard InChI is InChI=1S/C19H25NO/c1-2-3-5-13-18(20)17-12-8-9-14-19(17)21-15-16-10-6-4-7-11-16/h4,6-12,14,18H,2-3,5,13,15,20H2,1H3/t18-/m1/s1. The molecule has 2 N–H and O–H groups in total. The van der Waals surface area contributed by atoms with Crippen molar-refractivity contribution in [2.75, 3.05) is 0 Å². The lowest BCUT2D eigenvalue weighted by Gasteiger charge is -2.17. The minimum absolute atomic E-state index is 0.0588. The zero-order chi connectivity index (χ0) is 14.9. The molecule has 0 radical (unpaired) electrons. The lowest BCUT2D eigenvalue weighted by Crippen LogP contribution is -2.12. The van der Waals surface area contributed by atoms with Gasteiger partial charge in [0.15, 0.2) is 0 Å². The van der Waals surface area contributed by atoms with Gasteiger partial charge in [-0.2, -0.15) is 0 Å². The Kier molecular flexibility index (Phi) is 6.29. The lowest BCUT2D eigenvalue weighted by atomic mass is 10.0. The molecule has 0 fully saturated rings. The van der Waals surface area contributed by atoms with Crippen LogP contribution in [0.4, 0.5) is 0 Å². The average Bonchev–Trinajstić information content (AvgIpc) is 2.54. The smallest absolute Gasteiger partial charge is 0.124 e. The fourth-order valence-corrected chi connectivity index (χ4v) is 2.42. The van der Waals surface area contributed by atoms with Crippen molar-refractivity contribution < 1.29 is 4.74 Å². The molecule has 2 aromatic carbocycles.